The lowest BCUT2D eigenvalue weighted by Gasteiger charge is -2.11. The van der Waals surface area contributed by atoms with Gasteiger partial charge in [0.05, 0.1) is 23.5 Å². The zero-order chi connectivity index (χ0) is 14.8. The molecule has 108 valence electrons. The molecular formula is C16H17N3O2. The lowest BCUT2D eigenvalue weighted by atomic mass is 10.2. The van der Waals surface area contributed by atoms with E-state index < -0.39 is 0 Å². The number of fused-ring (bicyclic) bond motifs is 1. The van der Waals surface area contributed by atoms with Gasteiger partial charge in [-0.2, -0.15) is 0 Å². The molecule has 5 nitrogen and oxygen atoms in total. The van der Waals surface area contributed by atoms with E-state index in [1.165, 1.54) is 0 Å². The second-order valence-electron chi connectivity index (χ2n) is 5.08. The highest BCUT2D eigenvalue weighted by Gasteiger charge is 2.10. The van der Waals surface area contributed by atoms with Gasteiger partial charge >= 0.3 is 0 Å². The third-order valence-corrected chi connectivity index (χ3v) is 3.43. The Morgan fingerprint density at radius 3 is 2.86 bits per heavy atom. The van der Waals surface area contributed by atoms with Crippen molar-refractivity contribution in [3.8, 4) is 0 Å². The molecule has 0 spiro atoms. The molecule has 0 aliphatic rings. The number of furan rings is 1. The van der Waals surface area contributed by atoms with Crippen LogP contribution in [0.15, 0.2) is 45.6 Å². The molecule has 0 bridgehead atoms. The predicted molar refractivity (Wildman–Crippen MR) is 81.1 cm³/mol. The molecule has 0 aliphatic carbocycles. The first kappa shape index (κ1) is 13.6. The molecule has 2 heterocycles. The van der Waals surface area contributed by atoms with E-state index in [2.05, 4.69) is 15.3 Å². The minimum atomic E-state index is -0.112. The highest BCUT2D eigenvalue weighted by atomic mass is 16.3. The lowest BCUT2D eigenvalue weighted by Crippen LogP contribution is -2.22. The number of hydrogen-bond acceptors (Lipinski definition) is 4. The number of aryl methyl sites for hydroxylation is 1. The number of aromatic amines is 1. The Hall–Kier alpha value is -2.40. The molecule has 2 N–H and O–H groups in total. The van der Waals surface area contributed by atoms with Crippen molar-refractivity contribution in [1.29, 1.82) is 0 Å². The average Bonchev–Trinajstić information content (AvgIpc) is 2.91. The van der Waals surface area contributed by atoms with Crippen LogP contribution in [0.2, 0.25) is 0 Å². The van der Waals surface area contributed by atoms with Crippen molar-refractivity contribution in [3.05, 3.63) is 64.1 Å². The van der Waals surface area contributed by atoms with Gasteiger partial charge in [0.1, 0.15) is 17.3 Å². The van der Waals surface area contributed by atoms with Crippen LogP contribution in [0.4, 0.5) is 0 Å². The summed E-state index contributed by atoms with van der Waals surface area (Å²) in [6.07, 6.45) is 0. The molecule has 1 unspecified atom stereocenters. The van der Waals surface area contributed by atoms with Crippen LogP contribution >= 0.6 is 0 Å². The van der Waals surface area contributed by atoms with E-state index in [4.69, 9.17) is 4.42 Å². The summed E-state index contributed by atoms with van der Waals surface area (Å²) in [5.74, 6) is 2.38. The standard InChI is InChI=1S/C16H17N3O2/c1-10-7-8-14(21-10)11(2)17-9-15-18-13-6-4-3-5-12(13)16(20)19-15/h3-8,11,17H,9H2,1-2H3,(H,18,19,20). The van der Waals surface area contributed by atoms with Gasteiger partial charge in [0, 0.05) is 0 Å². The number of hydrogen-bond donors (Lipinski definition) is 2. The van der Waals surface area contributed by atoms with Gasteiger partial charge < -0.3 is 14.7 Å². The number of nitrogens with zero attached hydrogens (tertiary/aromatic N) is 1. The van der Waals surface area contributed by atoms with Crippen LogP contribution in [0.1, 0.15) is 30.3 Å². The first-order valence-corrected chi connectivity index (χ1v) is 6.91. The first-order valence-electron chi connectivity index (χ1n) is 6.91. The van der Waals surface area contributed by atoms with Gasteiger partial charge in [0.25, 0.3) is 5.56 Å². The Morgan fingerprint density at radius 2 is 2.10 bits per heavy atom. The second-order valence-corrected chi connectivity index (χ2v) is 5.08. The van der Waals surface area contributed by atoms with E-state index in [-0.39, 0.29) is 11.6 Å². The number of aromatic nitrogens is 2. The largest absolute Gasteiger partial charge is 0.465 e. The van der Waals surface area contributed by atoms with Crippen molar-refractivity contribution in [2.24, 2.45) is 0 Å². The van der Waals surface area contributed by atoms with Crippen LogP contribution in [0.25, 0.3) is 10.9 Å². The molecule has 0 fully saturated rings. The average molecular weight is 283 g/mol. The minimum absolute atomic E-state index is 0.0514. The Kier molecular flexibility index (Phi) is 3.58. The minimum Gasteiger partial charge on any atom is -0.465 e. The number of benzene rings is 1. The van der Waals surface area contributed by atoms with Crippen LogP contribution in [0, 0.1) is 6.92 Å². The highest BCUT2D eigenvalue weighted by molar-refractivity contribution is 5.77. The zero-order valence-corrected chi connectivity index (χ0v) is 12.0. The fourth-order valence-corrected chi connectivity index (χ4v) is 2.26. The molecule has 5 heteroatoms. The first-order chi connectivity index (χ1) is 10.1. The number of H-pyrrole nitrogens is 1. The highest BCUT2D eigenvalue weighted by Crippen LogP contribution is 2.15. The van der Waals surface area contributed by atoms with Crippen LogP contribution in [-0.4, -0.2) is 9.97 Å². The summed E-state index contributed by atoms with van der Waals surface area (Å²) in [5, 5.41) is 3.90. The smallest absolute Gasteiger partial charge is 0.258 e. The summed E-state index contributed by atoms with van der Waals surface area (Å²) in [6, 6.07) is 11.3. The SMILES string of the molecule is Cc1ccc(C(C)NCc2nc3ccccc3c(=O)[nH]2)o1. The van der Waals surface area contributed by atoms with Crippen molar-refractivity contribution < 1.29 is 4.42 Å². The molecule has 0 radical (unpaired) electrons. The summed E-state index contributed by atoms with van der Waals surface area (Å²) < 4.78 is 5.57. The van der Waals surface area contributed by atoms with Crippen LogP contribution in [-0.2, 0) is 6.54 Å². The van der Waals surface area contributed by atoms with Gasteiger partial charge in [-0.1, -0.05) is 12.1 Å². The van der Waals surface area contributed by atoms with Gasteiger partial charge in [-0.3, -0.25) is 4.79 Å². The van der Waals surface area contributed by atoms with Crippen molar-refractivity contribution in [2.45, 2.75) is 26.4 Å². The topological polar surface area (TPSA) is 70.9 Å². The van der Waals surface area contributed by atoms with Crippen molar-refractivity contribution >= 4 is 10.9 Å². The van der Waals surface area contributed by atoms with Gasteiger partial charge in [0.15, 0.2) is 0 Å². The van der Waals surface area contributed by atoms with E-state index in [1.54, 1.807) is 6.07 Å². The van der Waals surface area contributed by atoms with Gasteiger partial charge in [-0.25, -0.2) is 4.98 Å². The number of rotatable bonds is 4. The molecule has 0 aliphatic heterocycles. The fourth-order valence-electron chi connectivity index (χ4n) is 2.26. The molecule has 1 atom stereocenters. The van der Waals surface area contributed by atoms with E-state index in [9.17, 15) is 4.79 Å². The molecule has 2 aromatic heterocycles. The quantitative estimate of drug-likeness (QED) is 0.772. The Balaban J connectivity index is 1.77. The summed E-state index contributed by atoms with van der Waals surface area (Å²) in [6.45, 7) is 4.40. The molecular weight excluding hydrogens is 266 g/mol. The van der Waals surface area contributed by atoms with E-state index >= 15 is 0 Å². The Morgan fingerprint density at radius 1 is 1.29 bits per heavy atom. The Labute approximate surface area is 122 Å². The van der Waals surface area contributed by atoms with Crippen molar-refractivity contribution in [1.82, 2.24) is 15.3 Å². The molecule has 3 aromatic rings. The third-order valence-electron chi connectivity index (χ3n) is 3.43. The summed E-state index contributed by atoms with van der Waals surface area (Å²) in [5.41, 5.74) is 0.596. The molecule has 0 saturated carbocycles. The fraction of sp³-hybridized carbons (Fsp3) is 0.250. The van der Waals surface area contributed by atoms with Crippen LogP contribution in [0.3, 0.4) is 0 Å². The second kappa shape index (κ2) is 5.54. The van der Waals surface area contributed by atoms with Crippen LogP contribution in [0.5, 0.6) is 0 Å². The maximum atomic E-state index is 12.0. The maximum Gasteiger partial charge on any atom is 0.258 e. The van der Waals surface area contributed by atoms with Gasteiger partial charge in [0.2, 0.25) is 0 Å². The predicted octanol–water partition coefficient (Wildman–Crippen LogP) is 2.68. The molecule has 3 rings (SSSR count). The molecule has 0 amide bonds. The molecule has 21 heavy (non-hydrogen) atoms. The van der Waals surface area contributed by atoms with E-state index in [1.807, 2.05) is 44.2 Å². The maximum absolute atomic E-state index is 12.0. The van der Waals surface area contributed by atoms with E-state index in [0.29, 0.717) is 23.3 Å². The third kappa shape index (κ3) is 2.87. The zero-order valence-electron chi connectivity index (χ0n) is 12.0. The normalized spacial score (nSPS) is 12.7. The Bertz CT molecular complexity index is 820. The van der Waals surface area contributed by atoms with Crippen molar-refractivity contribution in [2.75, 3.05) is 0 Å². The molecule has 0 saturated heterocycles. The lowest BCUT2D eigenvalue weighted by molar-refractivity contribution is 0.413. The monoisotopic (exact) mass is 283 g/mol. The van der Waals surface area contributed by atoms with Gasteiger partial charge in [-0.05, 0) is 38.1 Å². The summed E-state index contributed by atoms with van der Waals surface area (Å²) in [7, 11) is 0. The van der Waals surface area contributed by atoms with E-state index in [0.717, 1.165) is 11.5 Å². The summed E-state index contributed by atoms with van der Waals surface area (Å²) >= 11 is 0. The molecule has 1 aromatic carbocycles. The number of para-hydroxylation sites is 1. The van der Waals surface area contributed by atoms with Gasteiger partial charge in [-0.15, -0.1) is 0 Å². The van der Waals surface area contributed by atoms with Crippen LogP contribution < -0.4 is 10.9 Å². The number of nitrogens with one attached hydrogen (secondary N) is 2. The summed E-state index contributed by atoms with van der Waals surface area (Å²) in [4.78, 5) is 19.2. The van der Waals surface area contributed by atoms with Crippen molar-refractivity contribution in [3.63, 3.8) is 0 Å².